The van der Waals surface area contributed by atoms with Crippen molar-refractivity contribution in [3.05, 3.63) is 24.3 Å². The number of hydrogen-bond donors (Lipinski definition) is 1. The third kappa shape index (κ3) is 3.71. The first-order chi connectivity index (χ1) is 12.4. The summed E-state index contributed by atoms with van der Waals surface area (Å²) >= 11 is 0. The number of nitrogens with zero attached hydrogens (tertiary/aromatic N) is 1. The summed E-state index contributed by atoms with van der Waals surface area (Å²) < 4.78 is 79.3. The van der Waals surface area contributed by atoms with Gasteiger partial charge in [0.05, 0.1) is 5.41 Å². The maximum Gasteiger partial charge on any atom is 0.573 e. The monoisotopic (exact) mass is 397 g/mol. The second-order valence-electron chi connectivity index (χ2n) is 7.06. The van der Waals surface area contributed by atoms with Crippen molar-refractivity contribution in [2.24, 2.45) is 5.41 Å². The Labute approximate surface area is 150 Å². The molecule has 2 fully saturated rings. The molecule has 0 aromatic heterocycles. The number of aliphatic hydroxyl groups is 1. The van der Waals surface area contributed by atoms with Crippen molar-refractivity contribution >= 4 is 11.6 Å². The molecule has 27 heavy (non-hydrogen) atoms. The van der Waals surface area contributed by atoms with Crippen molar-refractivity contribution in [2.75, 3.05) is 11.4 Å². The fraction of sp³-hybridized carbons (Fsp3) is 0.588. The Balaban J connectivity index is 1.71. The fourth-order valence-corrected chi connectivity index (χ4v) is 3.78. The van der Waals surface area contributed by atoms with Gasteiger partial charge in [0.25, 0.3) is 0 Å². The van der Waals surface area contributed by atoms with E-state index in [0.29, 0.717) is 12.1 Å². The number of carbonyl (C=O) groups excluding carboxylic acids is 1. The van der Waals surface area contributed by atoms with Crippen LogP contribution in [0.5, 0.6) is 5.75 Å². The Hall–Kier alpha value is -1.97. The van der Waals surface area contributed by atoms with Gasteiger partial charge in [-0.05, 0) is 56.4 Å². The molecular formula is C17H17F6NO3. The first-order valence-electron chi connectivity index (χ1n) is 8.32. The standard InChI is InChI=1S/C17H17F6NO3/c18-16(19,20)15(26)7-5-14(6-8-15)9-10-24(13(14)25)11-1-3-12(4-2-11)27-17(21,22)23/h1-4,26H,5-10H2/t14-,15-. The Kier molecular flexibility index (Phi) is 4.61. The first-order valence-corrected chi connectivity index (χ1v) is 8.32. The molecule has 0 radical (unpaired) electrons. The van der Waals surface area contributed by atoms with Crippen molar-refractivity contribution < 1.29 is 41.0 Å². The van der Waals surface area contributed by atoms with E-state index in [-0.39, 0.29) is 25.3 Å². The lowest BCUT2D eigenvalue weighted by Crippen LogP contribution is -2.51. The van der Waals surface area contributed by atoms with Gasteiger partial charge in [-0.3, -0.25) is 4.79 Å². The largest absolute Gasteiger partial charge is 0.573 e. The van der Waals surface area contributed by atoms with E-state index in [1.165, 1.54) is 17.0 Å². The molecule has 150 valence electrons. The zero-order valence-electron chi connectivity index (χ0n) is 14.0. The van der Waals surface area contributed by atoms with Crippen LogP contribution in [0, 0.1) is 5.41 Å². The smallest absolute Gasteiger partial charge is 0.406 e. The van der Waals surface area contributed by atoms with Gasteiger partial charge in [0.1, 0.15) is 5.75 Å². The van der Waals surface area contributed by atoms with Crippen molar-refractivity contribution in [1.82, 2.24) is 0 Å². The van der Waals surface area contributed by atoms with Crippen LogP contribution in [-0.4, -0.2) is 35.7 Å². The van der Waals surface area contributed by atoms with Gasteiger partial charge in [0.2, 0.25) is 5.91 Å². The lowest BCUT2D eigenvalue weighted by Gasteiger charge is -2.41. The lowest BCUT2D eigenvalue weighted by molar-refractivity contribution is -0.274. The molecule has 1 N–H and O–H groups in total. The molecule has 1 amide bonds. The molecule has 1 spiro atoms. The molecule has 1 saturated heterocycles. The van der Waals surface area contributed by atoms with Gasteiger partial charge < -0.3 is 14.7 Å². The van der Waals surface area contributed by atoms with E-state index in [0.717, 1.165) is 12.1 Å². The molecule has 0 atom stereocenters. The highest BCUT2D eigenvalue weighted by Gasteiger charge is 2.60. The predicted molar refractivity (Wildman–Crippen MR) is 82.0 cm³/mol. The van der Waals surface area contributed by atoms with Gasteiger partial charge in [0.15, 0.2) is 5.60 Å². The minimum absolute atomic E-state index is 0.0897. The lowest BCUT2D eigenvalue weighted by atomic mass is 9.67. The summed E-state index contributed by atoms with van der Waals surface area (Å²) in [6, 6.07) is 4.74. The average molecular weight is 397 g/mol. The first kappa shape index (κ1) is 19.8. The summed E-state index contributed by atoms with van der Waals surface area (Å²) in [5, 5.41) is 9.79. The van der Waals surface area contributed by atoms with Gasteiger partial charge in [-0.25, -0.2) is 0 Å². The second kappa shape index (κ2) is 6.29. The van der Waals surface area contributed by atoms with Crippen molar-refractivity contribution in [1.29, 1.82) is 0 Å². The van der Waals surface area contributed by atoms with Gasteiger partial charge in [-0.1, -0.05) is 0 Å². The van der Waals surface area contributed by atoms with Crippen LogP contribution in [-0.2, 0) is 4.79 Å². The van der Waals surface area contributed by atoms with Crippen LogP contribution in [0.3, 0.4) is 0 Å². The minimum atomic E-state index is -4.83. The highest BCUT2D eigenvalue weighted by molar-refractivity contribution is 6.00. The van der Waals surface area contributed by atoms with E-state index in [4.69, 9.17) is 0 Å². The van der Waals surface area contributed by atoms with Crippen LogP contribution in [0.2, 0.25) is 0 Å². The zero-order chi connectivity index (χ0) is 20.1. The summed E-state index contributed by atoms with van der Waals surface area (Å²) in [7, 11) is 0. The SMILES string of the molecule is O=C1N(c2ccc(OC(F)(F)F)cc2)CC[C@]12CC[C@](O)(C(F)(F)F)CC2. The van der Waals surface area contributed by atoms with Crippen molar-refractivity contribution in [2.45, 2.75) is 50.2 Å². The summed E-state index contributed by atoms with van der Waals surface area (Å²) in [5.41, 5.74) is -3.40. The number of ether oxygens (including phenoxy) is 1. The molecule has 1 heterocycles. The summed E-state index contributed by atoms with van der Waals surface area (Å²) in [4.78, 5) is 14.2. The fourth-order valence-electron chi connectivity index (χ4n) is 3.78. The highest BCUT2D eigenvalue weighted by Crippen LogP contribution is 2.52. The Bertz CT molecular complexity index is 705. The molecule has 1 aromatic carbocycles. The van der Waals surface area contributed by atoms with Gasteiger partial charge in [0, 0.05) is 12.2 Å². The molecule has 1 aliphatic heterocycles. The molecule has 1 saturated carbocycles. The second-order valence-corrected chi connectivity index (χ2v) is 7.06. The quantitative estimate of drug-likeness (QED) is 0.762. The van der Waals surface area contributed by atoms with Crippen LogP contribution >= 0.6 is 0 Å². The summed E-state index contributed by atoms with van der Waals surface area (Å²) in [6.07, 6.45) is -10.5. The minimum Gasteiger partial charge on any atom is -0.406 e. The molecule has 4 nitrogen and oxygen atoms in total. The normalized spacial score (nSPS) is 29.4. The number of benzene rings is 1. The molecular weight excluding hydrogens is 380 g/mol. The Morgan fingerprint density at radius 1 is 0.926 bits per heavy atom. The third-order valence-corrected chi connectivity index (χ3v) is 5.46. The Morgan fingerprint density at radius 3 is 1.96 bits per heavy atom. The number of alkyl halides is 6. The predicted octanol–water partition coefficient (Wildman–Crippen LogP) is 4.18. The number of carbonyl (C=O) groups is 1. The molecule has 3 rings (SSSR count). The van der Waals surface area contributed by atoms with E-state index in [1.54, 1.807) is 0 Å². The summed E-state index contributed by atoms with van der Waals surface area (Å²) in [5.74, 6) is -0.795. The van der Waals surface area contributed by atoms with E-state index >= 15 is 0 Å². The highest BCUT2D eigenvalue weighted by atomic mass is 19.4. The maximum atomic E-state index is 13.0. The van der Waals surface area contributed by atoms with Crippen LogP contribution < -0.4 is 9.64 Å². The molecule has 0 bridgehead atoms. The number of halogens is 6. The van der Waals surface area contributed by atoms with E-state index in [1.807, 2.05) is 0 Å². The molecule has 0 unspecified atom stereocenters. The van der Waals surface area contributed by atoms with Gasteiger partial charge >= 0.3 is 12.5 Å². The van der Waals surface area contributed by atoms with E-state index in [2.05, 4.69) is 4.74 Å². The molecule has 10 heteroatoms. The van der Waals surface area contributed by atoms with Crippen LogP contribution in [0.4, 0.5) is 32.0 Å². The number of anilines is 1. The topological polar surface area (TPSA) is 49.8 Å². The van der Waals surface area contributed by atoms with E-state index < -0.39 is 42.1 Å². The van der Waals surface area contributed by atoms with Crippen molar-refractivity contribution in [3.63, 3.8) is 0 Å². The molecule has 2 aliphatic rings. The molecule has 1 aromatic rings. The van der Waals surface area contributed by atoms with Gasteiger partial charge in [-0.2, -0.15) is 13.2 Å². The number of amides is 1. The Morgan fingerprint density at radius 2 is 1.48 bits per heavy atom. The molecule has 1 aliphatic carbocycles. The zero-order valence-corrected chi connectivity index (χ0v) is 14.0. The van der Waals surface area contributed by atoms with Gasteiger partial charge in [-0.15, -0.1) is 13.2 Å². The van der Waals surface area contributed by atoms with E-state index in [9.17, 15) is 36.2 Å². The number of rotatable bonds is 2. The average Bonchev–Trinajstić information content (AvgIpc) is 2.86. The third-order valence-electron chi connectivity index (χ3n) is 5.46. The maximum absolute atomic E-state index is 13.0. The number of hydrogen-bond acceptors (Lipinski definition) is 3. The summed E-state index contributed by atoms with van der Waals surface area (Å²) in [6.45, 7) is 0.253. The van der Waals surface area contributed by atoms with Crippen molar-refractivity contribution in [3.8, 4) is 5.75 Å². The van der Waals surface area contributed by atoms with Crippen LogP contribution in [0.25, 0.3) is 0 Å². The van der Waals surface area contributed by atoms with Crippen LogP contribution in [0.1, 0.15) is 32.1 Å². The van der Waals surface area contributed by atoms with Crippen LogP contribution in [0.15, 0.2) is 24.3 Å².